The second-order valence-corrected chi connectivity index (χ2v) is 5.57. The zero-order valence-electron chi connectivity index (χ0n) is 12.3. The van der Waals surface area contributed by atoms with Crippen LogP contribution in [0.3, 0.4) is 0 Å². The molecular weight excluding hydrogens is 270 g/mol. The molecule has 5 heteroatoms. The molecule has 2 saturated heterocycles. The van der Waals surface area contributed by atoms with E-state index in [4.69, 9.17) is 14.2 Å². The first kappa shape index (κ1) is 14.5. The van der Waals surface area contributed by atoms with E-state index in [0.717, 1.165) is 45.7 Å². The molecule has 0 saturated carbocycles. The summed E-state index contributed by atoms with van der Waals surface area (Å²) in [6.07, 6.45) is 1.85. The quantitative estimate of drug-likeness (QED) is 0.795. The molecule has 2 heterocycles. The summed E-state index contributed by atoms with van der Waals surface area (Å²) in [5, 5.41) is 0. The second-order valence-electron chi connectivity index (χ2n) is 5.57. The van der Waals surface area contributed by atoms with Gasteiger partial charge in [0.2, 0.25) is 0 Å². The number of hydrogen-bond acceptors (Lipinski definition) is 5. The Labute approximate surface area is 124 Å². The van der Waals surface area contributed by atoms with Gasteiger partial charge in [0.25, 0.3) is 0 Å². The number of hydrogen-bond donors (Lipinski definition) is 0. The van der Waals surface area contributed by atoms with Crippen LogP contribution in [0.5, 0.6) is 0 Å². The molecule has 0 atom stereocenters. The Kier molecular flexibility index (Phi) is 4.24. The highest BCUT2D eigenvalue weighted by molar-refractivity contribution is 5.89. The minimum Gasteiger partial charge on any atom is -0.465 e. The topological polar surface area (TPSA) is 48.0 Å². The maximum Gasteiger partial charge on any atom is 0.337 e. The molecule has 1 spiro atoms. The largest absolute Gasteiger partial charge is 0.465 e. The van der Waals surface area contributed by atoms with Crippen LogP contribution in [-0.2, 0) is 20.8 Å². The van der Waals surface area contributed by atoms with Crippen molar-refractivity contribution in [3.8, 4) is 0 Å². The zero-order valence-corrected chi connectivity index (χ0v) is 12.3. The van der Waals surface area contributed by atoms with Crippen molar-refractivity contribution in [2.24, 2.45) is 0 Å². The average Bonchev–Trinajstić information content (AvgIpc) is 2.98. The molecule has 3 rings (SSSR count). The van der Waals surface area contributed by atoms with Gasteiger partial charge in [-0.25, -0.2) is 4.79 Å². The summed E-state index contributed by atoms with van der Waals surface area (Å²) in [4.78, 5) is 13.8. The predicted octanol–water partition coefficient (Wildman–Crippen LogP) is 1.81. The van der Waals surface area contributed by atoms with Crippen molar-refractivity contribution in [2.45, 2.75) is 25.2 Å². The van der Waals surface area contributed by atoms with Crippen molar-refractivity contribution in [3.63, 3.8) is 0 Å². The standard InChI is InChI=1S/C16H21NO4/c1-19-15(18)14-4-2-13(3-5-14)12-17-8-6-16(7-9-17)20-10-11-21-16/h2-5H,6-12H2,1H3. The molecule has 2 fully saturated rings. The monoisotopic (exact) mass is 291 g/mol. The van der Waals surface area contributed by atoms with Gasteiger partial charge in [-0.3, -0.25) is 4.90 Å². The van der Waals surface area contributed by atoms with Crippen molar-refractivity contribution in [1.29, 1.82) is 0 Å². The fourth-order valence-corrected chi connectivity index (χ4v) is 2.96. The van der Waals surface area contributed by atoms with Crippen molar-refractivity contribution in [2.75, 3.05) is 33.4 Å². The van der Waals surface area contributed by atoms with Gasteiger partial charge in [0.05, 0.1) is 25.9 Å². The molecular formula is C16H21NO4. The Hall–Kier alpha value is -1.43. The van der Waals surface area contributed by atoms with Crippen LogP contribution in [0.4, 0.5) is 0 Å². The smallest absolute Gasteiger partial charge is 0.337 e. The molecule has 2 aliphatic heterocycles. The van der Waals surface area contributed by atoms with Gasteiger partial charge >= 0.3 is 5.97 Å². The molecule has 0 bridgehead atoms. The summed E-state index contributed by atoms with van der Waals surface area (Å²) in [6.45, 7) is 4.26. The summed E-state index contributed by atoms with van der Waals surface area (Å²) in [6, 6.07) is 7.60. The highest BCUT2D eigenvalue weighted by atomic mass is 16.7. The van der Waals surface area contributed by atoms with E-state index in [0.29, 0.717) is 5.56 Å². The van der Waals surface area contributed by atoms with Crippen LogP contribution in [0.2, 0.25) is 0 Å². The van der Waals surface area contributed by atoms with E-state index in [1.165, 1.54) is 12.7 Å². The van der Waals surface area contributed by atoms with Crippen LogP contribution in [0, 0.1) is 0 Å². The van der Waals surface area contributed by atoms with Crippen LogP contribution >= 0.6 is 0 Å². The first-order valence-electron chi connectivity index (χ1n) is 7.38. The number of rotatable bonds is 3. The number of methoxy groups -OCH3 is 1. The molecule has 0 N–H and O–H groups in total. The number of likely N-dealkylation sites (tertiary alicyclic amines) is 1. The third-order valence-electron chi connectivity index (χ3n) is 4.21. The van der Waals surface area contributed by atoms with E-state index in [2.05, 4.69) is 4.90 Å². The van der Waals surface area contributed by atoms with Crippen molar-refractivity contribution in [3.05, 3.63) is 35.4 Å². The SMILES string of the molecule is COC(=O)c1ccc(CN2CCC3(CC2)OCCO3)cc1. The summed E-state index contributed by atoms with van der Waals surface area (Å²) in [5.41, 5.74) is 1.79. The molecule has 1 aromatic rings. The first-order valence-corrected chi connectivity index (χ1v) is 7.38. The molecule has 1 aromatic carbocycles. The lowest BCUT2D eigenvalue weighted by molar-refractivity contribution is -0.185. The molecule has 0 aromatic heterocycles. The Balaban J connectivity index is 1.54. The fourth-order valence-electron chi connectivity index (χ4n) is 2.96. The normalized spacial score (nSPS) is 21.6. The Morgan fingerprint density at radius 1 is 1.19 bits per heavy atom. The van der Waals surface area contributed by atoms with Gasteiger partial charge in [-0.2, -0.15) is 0 Å². The third kappa shape index (κ3) is 3.26. The van der Waals surface area contributed by atoms with E-state index in [1.54, 1.807) is 0 Å². The number of benzene rings is 1. The van der Waals surface area contributed by atoms with E-state index in [1.807, 2.05) is 24.3 Å². The molecule has 2 aliphatic rings. The summed E-state index contributed by atoms with van der Waals surface area (Å²) >= 11 is 0. The first-order chi connectivity index (χ1) is 10.2. The molecule has 0 radical (unpaired) electrons. The molecule has 0 aliphatic carbocycles. The van der Waals surface area contributed by atoms with Crippen molar-refractivity contribution in [1.82, 2.24) is 4.90 Å². The molecule has 5 nitrogen and oxygen atoms in total. The molecule has 0 amide bonds. The number of carbonyl (C=O) groups is 1. The van der Waals surface area contributed by atoms with E-state index >= 15 is 0 Å². The fraction of sp³-hybridized carbons (Fsp3) is 0.562. The van der Waals surface area contributed by atoms with Crippen LogP contribution < -0.4 is 0 Å². The van der Waals surface area contributed by atoms with Crippen LogP contribution in [0.25, 0.3) is 0 Å². The van der Waals surface area contributed by atoms with Gasteiger partial charge in [0.15, 0.2) is 5.79 Å². The number of piperidine rings is 1. The number of nitrogens with zero attached hydrogens (tertiary/aromatic N) is 1. The van der Waals surface area contributed by atoms with Gasteiger partial charge in [0.1, 0.15) is 0 Å². The third-order valence-corrected chi connectivity index (χ3v) is 4.21. The lowest BCUT2D eigenvalue weighted by atomic mass is 10.0. The van der Waals surface area contributed by atoms with Gasteiger partial charge in [-0.05, 0) is 17.7 Å². The lowest BCUT2D eigenvalue weighted by Crippen LogP contribution is -2.44. The summed E-state index contributed by atoms with van der Waals surface area (Å²) in [7, 11) is 1.40. The molecule has 0 unspecified atom stereocenters. The second kappa shape index (κ2) is 6.13. The predicted molar refractivity (Wildman–Crippen MR) is 76.9 cm³/mol. The summed E-state index contributed by atoms with van der Waals surface area (Å²) < 4.78 is 16.2. The number of esters is 1. The lowest BCUT2D eigenvalue weighted by Gasteiger charge is -2.37. The molecule has 21 heavy (non-hydrogen) atoms. The average molecular weight is 291 g/mol. The number of ether oxygens (including phenoxy) is 3. The maximum atomic E-state index is 11.4. The van der Waals surface area contributed by atoms with Crippen molar-refractivity contribution < 1.29 is 19.0 Å². The minimum atomic E-state index is -0.314. The number of carbonyl (C=O) groups excluding carboxylic acids is 1. The van der Waals surface area contributed by atoms with E-state index < -0.39 is 0 Å². The Bertz CT molecular complexity index is 484. The van der Waals surface area contributed by atoms with Crippen LogP contribution in [0.15, 0.2) is 24.3 Å². The zero-order chi connectivity index (χ0) is 14.7. The van der Waals surface area contributed by atoms with Crippen molar-refractivity contribution >= 4 is 5.97 Å². The van der Waals surface area contributed by atoms with Gasteiger partial charge in [0, 0.05) is 32.5 Å². The van der Waals surface area contributed by atoms with E-state index in [-0.39, 0.29) is 11.8 Å². The highest BCUT2D eigenvalue weighted by Gasteiger charge is 2.39. The van der Waals surface area contributed by atoms with E-state index in [9.17, 15) is 4.79 Å². The Morgan fingerprint density at radius 2 is 1.81 bits per heavy atom. The van der Waals surface area contributed by atoms with Crippen LogP contribution in [-0.4, -0.2) is 50.1 Å². The maximum absolute atomic E-state index is 11.4. The van der Waals surface area contributed by atoms with Gasteiger partial charge in [-0.15, -0.1) is 0 Å². The van der Waals surface area contributed by atoms with Crippen LogP contribution in [0.1, 0.15) is 28.8 Å². The molecule has 114 valence electrons. The minimum absolute atomic E-state index is 0.294. The Morgan fingerprint density at radius 3 is 2.38 bits per heavy atom. The highest BCUT2D eigenvalue weighted by Crippen LogP contribution is 2.31. The van der Waals surface area contributed by atoms with Gasteiger partial charge in [-0.1, -0.05) is 12.1 Å². The summed E-state index contributed by atoms with van der Waals surface area (Å²) in [5.74, 6) is -0.609. The van der Waals surface area contributed by atoms with Gasteiger partial charge < -0.3 is 14.2 Å².